The Kier molecular flexibility index (Phi) is 4.98. The lowest BCUT2D eigenvalue weighted by atomic mass is 10.1. The third kappa shape index (κ3) is 4.06. The molecule has 0 atom stereocenters. The Morgan fingerprint density at radius 1 is 0.923 bits per heavy atom. The molecule has 26 heavy (non-hydrogen) atoms. The van der Waals surface area contributed by atoms with Crippen LogP contribution in [0.1, 0.15) is 33.0 Å². The number of hydrogen-bond donors (Lipinski definition) is 2. The largest absolute Gasteiger partial charge is 0.340 e. The van der Waals surface area contributed by atoms with Gasteiger partial charge in [0.15, 0.2) is 0 Å². The molecule has 132 valence electrons. The Morgan fingerprint density at radius 2 is 1.65 bits per heavy atom. The highest BCUT2D eigenvalue weighted by molar-refractivity contribution is 6.03. The van der Waals surface area contributed by atoms with Crippen LogP contribution in [0.2, 0.25) is 0 Å². The predicted molar refractivity (Wildman–Crippen MR) is 105 cm³/mol. The number of aromatic nitrogens is 2. The molecule has 2 aromatic carbocycles. The maximum atomic E-state index is 12.6. The first-order chi connectivity index (χ1) is 12.4. The van der Waals surface area contributed by atoms with Gasteiger partial charge >= 0.3 is 0 Å². The van der Waals surface area contributed by atoms with Crippen LogP contribution in [0, 0.1) is 27.7 Å². The second-order valence-corrected chi connectivity index (χ2v) is 6.38. The molecule has 0 bridgehead atoms. The minimum atomic E-state index is -0.254. The lowest BCUT2D eigenvalue weighted by molar-refractivity contribution is 0.102. The molecule has 0 aliphatic carbocycles. The number of amides is 1. The van der Waals surface area contributed by atoms with E-state index in [4.69, 9.17) is 0 Å². The molecule has 0 aliphatic rings. The Morgan fingerprint density at radius 3 is 2.38 bits per heavy atom. The number of carbonyl (C=O) groups excluding carboxylic acids is 1. The molecular formula is C21H22N4O. The van der Waals surface area contributed by atoms with Crippen molar-refractivity contribution in [2.75, 3.05) is 10.6 Å². The molecule has 0 aliphatic heterocycles. The van der Waals surface area contributed by atoms with Crippen LogP contribution >= 0.6 is 0 Å². The summed E-state index contributed by atoms with van der Waals surface area (Å²) in [5.41, 5.74) is 5.39. The highest BCUT2D eigenvalue weighted by atomic mass is 16.1. The number of rotatable bonds is 4. The summed E-state index contributed by atoms with van der Waals surface area (Å²) in [4.78, 5) is 21.3. The van der Waals surface area contributed by atoms with Gasteiger partial charge in [-0.15, -0.1) is 0 Å². The van der Waals surface area contributed by atoms with Crippen molar-refractivity contribution in [1.29, 1.82) is 0 Å². The van der Waals surface area contributed by atoms with Gasteiger partial charge in [-0.25, -0.2) is 9.97 Å². The molecule has 5 nitrogen and oxygen atoms in total. The summed E-state index contributed by atoms with van der Waals surface area (Å²) in [5, 5.41) is 6.16. The quantitative estimate of drug-likeness (QED) is 0.718. The molecule has 5 heteroatoms. The molecule has 0 spiro atoms. The summed E-state index contributed by atoms with van der Waals surface area (Å²) in [6, 6.07) is 15.5. The first-order valence-corrected chi connectivity index (χ1v) is 8.49. The highest BCUT2D eigenvalue weighted by Gasteiger charge is 2.12. The third-order valence-electron chi connectivity index (χ3n) is 4.25. The molecule has 1 aromatic heterocycles. The lowest BCUT2D eigenvalue weighted by Gasteiger charge is -2.12. The molecule has 1 amide bonds. The van der Waals surface area contributed by atoms with Crippen molar-refractivity contribution in [2.45, 2.75) is 27.7 Å². The molecular weight excluding hydrogens is 324 g/mol. The minimum Gasteiger partial charge on any atom is -0.340 e. The van der Waals surface area contributed by atoms with Crippen molar-refractivity contribution < 1.29 is 4.79 Å². The highest BCUT2D eigenvalue weighted by Crippen LogP contribution is 2.20. The number of aryl methyl sites for hydroxylation is 3. The monoisotopic (exact) mass is 346 g/mol. The van der Waals surface area contributed by atoms with E-state index in [1.165, 1.54) is 5.56 Å². The molecule has 3 rings (SSSR count). The van der Waals surface area contributed by atoms with E-state index in [1.807, 2.05) is 63.2 Å². The van der Waals surface area contributed by atoms with E-state index >= 15 is 0 Å². The van der Waals surface area contributed by atoms with E-state index in [2.05, 4.69) is 20.6 Å². The summed E-state index contributed by atoms with van der Waals surface area (Å²) in [7, 11) is 0. The molecule has 0 saturated carbocycles. The van der Waals surface area contributed by atoms with Gasteiger partial charge in [-0.2, -0.15) is 0 Å². The van der Waals surface area contributed by atoms with Crippen LogP contribution in [0.25, 0.3) is 0 Å². The van der Waals surface area contributed by atoms with E-state index in [1.54, 1.807) is 13.0 Å². The smallest absolute Gasteiger partial charge is 0.274 e. The van der Waals surface area contributed by atoms with Crippen molar-refractivity contribution in [3.05, 3.63) is 76.7 Å². The van der Waals surface area contributed by atoms with Crippen LogP contribution in [0.3, 0.4) is 0 Å². The van der Waals surface area contributed by atoms with E-state index in [9.17, 15) is 4.79 Å². The maximum absolute atomic E-state index is 12.6. The summed E-state index contributed by atoms with van der Waals surface area (Å²) < 4.78 is 0. The molecule has 3 aromatic rings. The van der Waals surface area contributed by atoms with Gasteiger partial charge in [-0.1, -0.05) is 29.8 Å². The first-order valence-electron chi connectivity index (χ1n) is 8.49. The fourth-order valence-electron chi connectivity index (χ4n) is 2.61. The van der Waals surface area contributed by atoms with Crippen molar-refractivity contribution in [2.24, 2.45) is 0 Å². The normalized spacial score (nSPS) is 10.5. The van der Waals surface area contributed by atoms with Crippen molar-refractivity contribution >= 4 is 23.1 Å². The van der Waals surface area contributed by atoms with Crippen molar-refractivity contribution in [3.63, 3.8) is 0 Å². The van der Waals surface area contributed by atoms with Gasteiger partial charge < -0.3 is 10.6 Å². The Balaban J connectivity index is 1.83. The van der Waals surface area contributed by atoms with Gasteiger partial charge in [0.2, 0.25) is 0 Å². The predicted octanol–water partition coefficient (Wildman–Crippen LogP) is 4.71. The molecule has 2 N–H and O–H groups in total. The van der Waals surface area contributed by atoms with Crippen LogP contribution < -0.4 is 10.6 Å². The number of hydrogen-bond acceptors (Lipinski definition) is 4. The van der Waals surface area contributed by atoms with Gasteiger partial charge in [0.25, 0.3) is 5.91 Å². The number of nitrogens with one attached hydrogen (secondary N) is 2. The van der Waals surface area contributed by atoms with E-state index < -0.39 is 0 Å². The topological polar surface area (TPSA) is 66.9 Å². The van der Waals surface area contributed by atoms with Crippen LogP contribution in [-0.4, -0.2) is 15.9 Å². The van der Waals surface area contributed by atoms with Gasteiger partial charge in [-0.3, -0.25) is 4.79 Å². The van der Waals surface area contributed by atoms with E-state index in [0.29, 0.717) is 17.3 Å². The standard InChI is InChI=1S/C21H22N4O/c1-13-8-10-17(11-9-13)24-20-12-19(22-16(4)23-20)21(26)25-18-7-5-6-14(2)15(18)3/h5-12H,1-4H3,(H,25,26)(H,22,23,24). The Bertz CT molecular complexity index is 949. The maximum Gasteiger partial charge on any atom is 0.274 e. The van der Waals surface area contributed by atoms with Gasteiger partial charge in [-0.05, 0) is 57.0 Å². The van der Waals surface area contributed by atoms with Gasteiger partial charge in [0.1, 0.15) is 17.3 Å². The Labute approximate surface area is 153 Å². The zero-order valence-electron chi connectivity index (χ0n) is 15.4. The lowest BCUT2D eigenvalue weighted by Crippen LogP contribution is -2.16. The van der Waals surface area contributed by atoms with Crippen LogP contribution in [0.15, 0.2) is 48.5 Å². The van der Waals surface area contributed by atoms with Crippen molar-refractivity contribution in [1.82, 2.24) is 9.97 Å². The third-order valence-corrected chi connectivity index (χ3v) is 4.25. The number of anilines is 3. The Hall–Kier alpha value is -3.21. The fraction of sp³-hybridized carbons (Fsp3) is 0.190. The second kappa shape index (κ2) is 7.35. The zero-order chi connectivity index (χ0) is 18.7. The minimum absolute atomic E-state index is 0.254. The van der Waals surface area contributed by atoms with Crippen LogP contribution in [0.4, 0.5) is 17.2 Å². The van der Waals surface area contributed by atoms with E-state index in [0.717, 1.165) is 22.5 Å². The molecule has 0 radical (unpaired) electrons. The summed E-state index contributed by atoms with van der Waals surface area (Å²) in [5.74, 6) is 0.872. The summed E-state index contributed by atoms with van der Waals surface area (Å²) in [6.07, 6.45) is 0. The SMILES string of the molecule is Cc1ccc(Nc2cc(C(=O)Nc3cccc(C)c3C)nc(C)n2)cc1. The average molecular weight is 346 g/mol. The molecule has 0 saturated heterocycles. The first kappa shape index (κ1) is 17.6. The van der Waals surface area contributed by atoms with Gasteiger partial charge in [0, 0.05) is 17.4 Å². The second-order valence-electron chi connectivity index (χ2n) is 6.38. The summed E-state index contributed by atoms with van der Waals surface area (Å²) >= 11 is 0. The number of benzene rings is 2. The molecule has 0 fully saturated rings. The number of nitrogens with zero attached hydrogens (tertiary/aromatic N) is 2. The molecule has 0 unspecified atom stereocenters. The number of carbonyl (C=O) groups is 1. The van der Waals surface area contributed by atoms with Crippen LogP contribution in [-0.2, 0) is 0 Å². The molecule has 1 heterocycles. The van der Waals surface area contributed by atoms with Crippen LogP contribution in [0.5, 0.6) is 0 Å². The van der Waals surface area contributed by atoms with Crippen molar-refractivity contribution in [3.8, 4) is 0 Å². The summed E-state index contributed by atoms with van der Waals surface area (Å²) in [6.45, 7) is 7.81. The fourth-order valence-corrected chi connectivity index (χ4v) is 2.61. The van der Waals surface area contributed by atoms with E-state index in [-0.39, 0.29) is 5.91 Å². The van der Waals surface area contributed by atoms with Gasteiger partial charge in [0.05, 0.1) is 0 Å². The zero-order valence-corrected chi connectivity index (χ0v) is 15.4. The average Bonchev–Trinajstić information content (AvgIpc) is 2.60.